The second kappa shape index (κ2) is 9.04. The van der Waals surface area contributed by atoms with Crippen LogP contribution in [0.15, 0.2) is 0 Å². The fourth-order valence-electron chi connectivity index (χ4n) is 4.78. The van der Waals surface area contributed by atoms with Gasteiger partial charge >= 0.3 is 12.0 Å². The monoisotopic (exact) mass is 367 g/mol. The van der Waals surface area contributed by atoms with Gasteiger partial charge < -0.3 is 20.5 Å². The van der Waals surface area contributed by atoms with Crippen molar-refractivity contribution in [3.05, 3.63) is 0 Å². The number of nitrogens with one attached hydrogen (secondary N) is 2. The fraction of sp³-hybridized carbons (Fsp3) is 0.895. The van der Waals surface area contributed by atoms with E-state index in [0.717, 1.165) is 38.8 Å². The van der Waals surface area contributed by atoms with Crippen molar-refractivity contribution >= 4 is 12.0 Å². The Hall–Kier alpha value is -1.34. The molecule has 3 atom stereocenters. The number of rotatable bonds is 4. The topological polar surface area (TPSA) is 90.9 Å². The van der Waals surface area contributed by atoms with Crippen molar-refractivity contribution in [3.8, 4) is 0 Å². The molecule has 3 rings (SSSR count). The van der Waals surface area contributed by atoms with Gasteiger partial charge in [-0.2, -0.15) is 0 Å². The zero-order valence-electron chi connectivity index (χ0n) is 15.8. The Bertz CT molecular complexity index is 487. The van der Waals surface area contributed by atoms with E-state index in [9.17, 15) is 14.7 Å². The summed E-state index contributed by atoms with van der Waals surface area (Å²) in [5.41, 5.74) is 0. The molecule has 26 heavy (non-hydrogen) atoms. The molecular weight excluding hydrogens is 334 g/mol. The minimum atomic E-state index is -0.474. The highest BCUT2D eigenvalue weighted by Gasteiger charge is 2.41. The standard InChI is InChI=1S/C19H33N3O4/c1-26-18(24)13-11-16(17(23)12-13)22-9-7-15(8-10-22)21-19(25)20-14-5-3-2-4-6-14/h13-17,23H,2-12H2,1H3,(H2,20,21,25)/t13-,16+,17-/m0/s1. The maximum Gasteiger partial charge on any atom is 0.315 e. The number of carbonyl (C=O) groups excluding carboxylic acids is 2. The summed E-state index contributed by atoms with van der Waals surface area (Å²) >= 11 is 0. The zero-order chi connectivity index (χ0) is 18.5. The maximum absolute atomic E-state index is 12.2. The van der Waals surface area contributed by atoms with E-state index in [4.69, 9.17) is 4.74 Å². The van der Waals surface area contributed by atoms with Gasteiger partial charge in [0, 0.05) is 31.2 Å². The van der Waals surface area contributed by atoms with Crippen molar-refractivity contribution in [1.29, 1.82) is 0 Å². The van der Waals surface area contributed by atoms with Crippen LogP contribution in [0.1, 0.15) is 57.8 Å². The van der Waals surface area contributed by atoms with E-state index >= 15 is 0 Å². The molecule has 148 valence electrons. The summed E-state index contributed by atoms with van der Waals surface area (Å²) in [6.07, 6.45) is 8.31. The summed E-state index contributed by atoms with van der Waals surface area (Å²) in [4.78, 5) is 26.2. The lowest BCUT2D eigenvalue weighted by Crippen LogP contribution is -2.52. The van der Waals surface area contributed by atoms with Gasteiger partial charge in [0.2, 0.25) is 0 Å². The minimum absolute atomic E-state index is 0.0242. The molecule has 0 spiro atoms. The molecule has 3 fully saturated rings. The Labute approximate surface area is 155 Å². The number of piperidine rings is 1. The van der Waals surface area contributed by atoms with Crippen LogP contribution in [-0.2, 0) is 9.53 Å². The quantitative estimate of drug-likeness (QED) is 0.654. The predicted molar refractivity (Wildman–Crippen MR) is 97.7 cm³/mol. The Morgan fingerprint density at radius 3 is 2.19 bits per heavy atom. The molecule has 1 saturated heterocycles. The van der Waals surface area contributed by atoms with Gasteiger partial charge in [-0.05, 0) is 38.5 Å². The number of esters is 1. The van der Waals surface area contributed by atoms with Crippen LogP contribution in [0.4, 0.5) is 4.79 Å². The molecule has 7 heteroatoms. The molecule has 0 aromatic carbocycles. The first-order valence-corrected chi connectivity index (χ1v) is 10.1. The summed E-state index contributed by atoms with van der Waals surface area (Å²) in [5, 5.41) is 16.5. The van der Waals surface area contributed by atoms with E-state index in [1.165, 1.54) is 26.4 Å². The van der Waals surface area contributed by atoms with Crippen molar-refractivity contribution in [1.82, 2.24) is 15.5 Å². The van der Waals surface area contributed by atoms with E-state index in [2.05, 4.69) is 15.5 Å². The average Bonchev–Trinajstić information content (AvgIpc) is 3.04. The molecule has 2 aliphatic carbocycles. The number of aliphatic hydroxyl groups excluding tert-OH is 1. The fourth-order valence-corrected chi connectivity index (χ4v) is 4.78. The number of urea groups is 1. The molecule has 2 saturated carbocycles. The molecule has 1 heterocycles. The van der Waals surface area contributed by atoms with Crippen molar-refractivity contribution in [3.63, 3.8) is 0 Å². The van der Waals surface area contributed by atoms with Gasteiger partial charge in [0.25, 0.3) is 0 Å². The number of likely N-dealkylation sites (tertiary alicyclic amines) is 1. The van der Waals surface area contributed by atoms with E-state index in [1.807, 2.05) is 0 Å². The lowest BCUT2D eigenvalue weighted by molar-refractivity contribution is -0.145. The van der Waals surface area contributed by atoms with Crippen LogP contribution >= 0.6 is 0 Å². The zero-order valence-corrected chi connectivity index (χ0v) is 15.8. The smallest absolute Gasteiger partial charge is 0.315 e. The Kier molecular flexibility index (Phi) is 6.75. The lowest BCUT2D eigenvalue weighted by Gasteiger charge is -2.37. The SMILES string of the molecule is COC(=O)[C@H]1C[C@@H](N2CCC(NC(=O)NC3CCCCC3)CC2)[C@@H](O)C1. The number of hydrogen-bond donors (Lipinski definition) is 3. The van der Waals surface area contributed by atoms with Crippen LogP contribution < -0.4 is 10.6 Å². The number of carbonyl (C=O) groups is 2. The lowest BCUT2D eigenvalue weighted by atomic mass is 9.96. The summed E-state index contributed by atoms with van der Waals surface area (Å²) in [5.74, 6) is -0.417. The molecule has 1 aliphatic heterocycles. The van der Waals surface area contributed by atoms with Crippen LogP contribution in [0.5, 0.6) is 0 Å². The summed E-state index contributed by atoms with van der Waals surface area (Å²) in [6, 6.07) is 0.496. The van der Waals surface area contributed by atoms with Crippen molar-refractivity contribution < 1.29 is 19.4 Å². The van der Waals surface area contributed by atoms with Crippen LogP contribution in [0, 0.1) is 5.92 Å². The molecule has 0 aromatic heterocycles. The largest absolute Gasteiger partial charge is 0.469 e. The molecular formula is C19H33N3O4. The predicted octanol–water partition coefficient (Wildman–Crippen LogP) is 1.40. The first-order chi connectivity index (χ1) is 12.6. The third-order valence-corrected chi connectivity index (χ3v) is 6.30. The van der Waals surface area contributed by atoms with Crippen LogP contribution in [-0.4, -0.2) is 66.4 Å². The van der Waals surface area contributed by atoms with Crippen molar-refractivity contribution in [2.45, 2.75) is 82.0 Å². The Morgan fingerprint density at radius 2 is 1.58 bits per heavy atom. The van der Waals surface area contributed by atoms with Crippen LogP contribution in [0.2, 0.25) is 0 Å². The highest BCUT2D eigenvalue weighted by atomic mass is 16.5. The summed E-state index contributed by atoms with van der Waals surface area (Å²) < 4.78 is 4.82. The second-order valence-electron chi connectivity index (χ2n) is 8.09. The third kappa shape index (κ3) is 4.88. The van der Waals surface area contributed by atoms with Crippen LogP contribution in [0.3, 0.4) is 0 Å². The number of amides is 2. The number of nitrogens with zero attached hydrogens (tertiary/aromatic N) is 1. The van der Waals surface area contributed by atoms with Gasteiger partial charge in [-0.1, -0.05) is 19.3 Å². The number of methoxy groups -OCH3 is 1. The van der Waals surface area contributed by atoms with E-state index in [0.29, 0.717) is 18.9 Å². The summed E-state index contributed by atoms with van der Waals surface area (Å²) in [6.45, 7) is 1.67. The minimum Gasteiger partial charge on any atom is -0.469 e. The molecule has 0 unspecified atom stereocenters. The molecule has 0 bridgehead atoms. The molecule has 2 amide bonds. The first-order valence-electron chi connectivity index (χ1n) is 10.1. The van der Waals surface area contributed by atoms with Gasteiger partial charge in [-0.25, -0.2) is 4.79 Å². The highest BCUT2D eigenvalue weighted by Crippen LogP contribution is 2.32. The van der Waals surface area contributed by atoms with Gasteiger partial charge in [-0.15, -0.1) is 0 Å². The number of hydrogen-bond acceptors (Lipinski definition) is 5. The number of ether oxygens (including phenoxy) is 1. The van der Waals surface area contributed by atoms with Crippen molar-refractivity contribution in [2.24, 2.45) is 5.92 Å². The Morgan fingerprint density at radius 1 is 0.962 bits per heavy atom. The number of aliphatic hydroxyl groups is 1. The second-order valence-corrected chi connectivity index (χ2v) is 8.09. The molecule has 3 aliphatic rings. The van der Waals surface area contributed by atoms with E-state index in [-0.39, 0.29) is 30.0 Å². The molecule has 0 aromatic rings. The van der Waals surface area contributed by atoms with Crippen molar-refractivity contribution in [2.75, 3.05) is 20.2 Å². The van der Waals surface area contributed by atoms with E-state index < -0.39 is 6.10 Å². The normalized spacial score (nSPS) is 31.5. The summed E-state index contributed by atoms with van der Waals surface area (Å²) in [7, 11) is 1.40. The van der Waals surface area contributed by atoms with Gasteiger partial charge in [-0.3, -0.25) is 9.69 Å². The van der Waals surface area contributed by atoms with Gasteiger partial charge in [0.05, 0.1) is 19.1 Å². The maximum atomic E-state index is 12.2. The van der Waals surface area contributed by atoms with Gasteiger partial charge in [0.15, 0.2) is 0 Å². The highest BCUT2D eigenvalue weighted by molar-refractivity contribution is 5.74. The van der Waals surface area contributed by atoms with Gasteiger partial charge in [0.1, 0.15) is 0 Å². The van der Waals surface area contributed by atoms with Crippen LogP contribution in [0.25, 0.3) is 0 Å². The molecule has 0 radical (unpaired) electrons. The first kappa shape index (κ1) is 19.4. The third-order valence-electron chi connectivity index (χ3n) is 6.30. The molecule has 7 nitrogen and oxygen atoms in total. The van der Waals surface area contributed by atoms with E-state index in [1.54, 1.807) is 0 Å². The average molecular weight is 367 g/mol. The Balaban J connectivity index is 1.40. The molecule has 3 N–H and O–H groups in total.